The van der Waals surface area contributed by atoms with Crippen LogP contribution in [0.15, 0.2) is 71.6 Å². The second kappa shape index (κ2) is 11.1. The fourth-order valence-electron chi connectivity index (χ4n) is 2.31. The van der Waals surface area contributed by atoms with Crippen molar-refractivity contribution < 1.29 is 9.13 Å². The number of ether oxygens (including phenoxy) is 1. The van der Waals surface area contributed by atoms with Crippen molar-refractivity contribution in [3.05, 3.63) is 83.7 Å². The van der Waals surface area contributed by atoms with E-state index >= 15 is 0 Å². The topological polar surface area (TPSA) is 60.8 Å². The summed E-state index contributed by atoms with van der Waals surface area (Å²) in [5.41, 5.74) is 1.72. The molecule has 2 N–H and O–H groups in total. The maximum Gasteiger partial charge on any atom is 0.148 e. The number of nitrogens with one attached hydrogen (secondary N) is 2. The number of anilines is 1. The summed E-state index contributed by atoms with van der Waals surface area (Å²) in [5, 5.41) is 8.82. The number of aromatic nitrogens is 1. The summed E-state index contributed by atoms with van der Waals surface area (Å²) >= 11 is 1.32. The lowest BCUT2D eigenvalue weighted by Crippen LogP contribution is -2.00. The standard InChI is InChI=1S/C22H24FN3OS/c1-4-5-8-19(27-16(2)3)9-6-7-18-14-25-15-22(18)28-26-21-11-10-17(13-24)12-20(21)23/h4-6,8-12,14-16,25-26H,7H2,1-3H3/b5-4-,9-6+,19-8+. The highest BCUT2D eigenvalue weighted by atomic mass is 32.2. The van der Waals surface area contributed by atoms with Crippen LogP contribution in [0, 0.1) is 17.1 Å². The number of hydrogen-bond donors (Lipinski definition) is 2. The van der Waals surface area contributed by atoms with Crippen LogP contribution in [-0.4, -0.2) is 11.1 Å². The molecule has 2 aromatic rings. The van der Waals surface area contributed by atoms with Crippen molar-refractivity contribution in [2.24, 2.45) is 0 Å². The van der Waals surface area contributed by atoms with Gasteiger partial charge in [0, 0.05) is 17.3 Å². The molecule has 1 heterocycles. The Labute approximate surface area is 169 Å². The molecule has 0 bridgehead atoms. The van der Waals surface area contributed by atoms with Crippen molar-refractivity contribution in [2.45, 2.75) is 38.2 Å². The molecule has 4 nitrogen and oxygen atoms in total. The Morgan fingerprint density at radius 3 is 2.89 bits per heavy atom. The molecule has 2 rings (SSSR count). The van der Waals surface area contributed by atoms with Gasteiger partial charge in [-0.1, -0.05) is 18.2 Å². The van der Waals surface area contributed by atoms with Crippen LogP contribution in [-0.2, 0) is 11.2 Å². The molecule has 1 aromatic heterocycles. The third kappa shape index (κ3) is 6.67. The molecule has 6 heteroatoms. The molecule has 0 saturated heterocycles. The SMILES string of the molecule is C\C=C/C=C(\C=C\Cc1c[nH]cc1SNc1ccc(C#N)cc1F)OC(C)C. The molecule has 0 aliphatic heterocycles. The zero-order valence-corrected chi connectivity index (χ0v) is 17.0. The van der Waals surface area contributed by atoms with E-state index in [9.17, 15) is 4.39 Å². The zero-order valence-electron chi connectivity index (χ0n) is 16.2. The Kier molecular flexibility index (Phi) is 8.44. The summed E-state index contributed by atoms with van der Waals surface area (Å²) in [7, 11) is 0. The zero-order chi connectivity index (χ0) is 20.4. The van der Waals surface area contributed by atoms with Crippen LogP contribution in [0.1, 0.15) is 31.9 Å². The van der Waals surface area contributed by atoms with Crippen LogP contribution in [0.25, 0.3) is 0 Å². The summed E-state index contributed by atoms with van der Waals surface area (Å²) in [6.45, 7) is 5.94. The highest BCUT2D eigenvalue weighted by Gasteiger charge is 2.07. The first-order chi connectivity index (χ1) is 13.5. The molecular weight excluding hydrogens is 373 g/mol. The van der Waals surface area contributed by atoms with Gasteiger partial charge < -0.3 is 14.4 Å². The molecule has 0 unspecified atom stereocenters. The number of benzene rings is 1. The van der Waals surface area contributed by atoms with E-state index in [-0.39, 0.29) is 6.10 Å². The van der Waals surface area contributed by atoms with Crippen molar-refractivity contribution >= 4 is 17.6 Å². The quantitative estimate of drug-likeness (QED) is 0.304. The van der Waals surface area contributed by atoms with E-state index in [0.717, 1.165) is 16.2 Å². The molecule has 146 valence electrons. The number of rotatable bonds is 9. The molecule has 0 fully saturated rings. The molecule has 0 amide bonds. The van der Waals surface area contributed by atoms with Gasteiger partial charge in [-0.2, -0.15) is 5.26 Å². The second-order valence-electron chi connectivity index (χ2n) is 6.22. The average Bonchev–Trinajstić information content (AvgIpc) is 3.11. The monoisotopic (exact) mass is 397 g/mol. The second-order valence-corrected chi connectivity index (χ2v) is 7.07. The van der Waals surface area contributed by atoms with E-state index in [2.05, 4.69) is 9.71 Å². The molecule has 0 aliphatic carbocycles. The third-order valence-corrected chi connectivity index (χ3v) is 4.52. The van der Waals surface area contributed by atoms with Crippen LogP contribution in [0.3, 0.4) is 0 Å². The number of H-pyrrole nitrogens is 1. The van der Waals surface area contributed by atoms with Crippen LogP contribution in [0.5, 0.6) is 0 Å². The van der Waals surface area contributed by atoms with Crippen molar-refractivity contribution in [1.29, 1.82) is 5.26 Å². The Morgan fingerprint density at radius 1 is 1.39 bits per heavy atom. The van der Waals surface area contributed by atoms with Crippen LogP contribution in [0.4, 0.5) is 10.1 Å². The van der Waals surface area contributed by atoms with Gasteiger partial charge in [0.15, 0.2) is 0 Å². The fraction of sp³-hybridized carbons (Fsp3) is 0.227. The minimum Gasteiger partial charge on any atom is -0.491 e. The number of nitrogens with zero attached hydrogens (tertiary/aromatic N) is 1. The lowest BCUT2D eigenvalue weighted by molar-refractivity contribution is 0.158. The van der Waals surface area contributed by atoms with Gasteiger partial charge in [-0.05, 0) is 75.1 Å². The number of allylic oxidation sites excluding steroid dienone is 5. The van der Waals surface area contributed by atoms with E-state index in [4.69, 9.17) is 10.00 Å². The minimum absolute atomic E-state index is 0.103. The molecule has 0 saturated carbocycles. The van der Waals surface area contributed by atoms with Crippen LogP contribution >= 0.6 is 11.9 Å². The van der Waals surface area contributed by atoms with Gasteiger partial charge in [0.25, 0.3) is 0 Å². The molecule has 1 aromatic carbocycles. The molecule has 0 aliphatic rings. The smallest absolute Gasteiger partial charge is 0.148 e. The fourth-order valence-corrected chi connectivity index (χ4v) is 3.10. The Balaban J connectivity index is 2.00. The minimum atomic E-state index is -0.451. The van der Waals surface area contributed by atoms with Gasteiger partial charge in [0.2, 0.25) is 0 Å². The van der Waals surface area contributed by atoms with Gasteiger partial charge >= 0.3 is 0 Å². The van der Waals surface area contributed by atoms with Crippen molar-refractivity contribution in [3.63, 3.8) is 0 Å². The molecule has 0 spiro atoms. The molecular formula is C22H24FN3OS. The lowest BCUT2D eigenvalue weighted by atomic mass is 10.2. The summed E-state index contributed by atoms with van der Waals surface area (Å²) in [6, 6.07) is 6.29. The summed E-state index contributed by atoms with van der Waals surface area (Å²) in [4.78, 5) is 4.05. The first-order valence-electron chi connectivity index (χ1n) is 8.97. The number of hydrogen-bond acceptors (Lipinski definition) is 4. The number of halogens is 1. The molecule has 0 radical (unpaired) electrons. The van der Waals surface area contributed by atoms with Gasteiger partial charge in [-0.25, -0.2) is 4.39 Å². The molecule has 0 atom stereocenters. The normalized spacial score (nSPS) is 12.1. The number of aromatic amines is 1. The van der Waals surface area contributed by atoms with E-state index in [1.54, 1.807) is 12.1 Å². The van der Waals surface area contributed by atoms with E-state index in [0.29, 0.717) is 17.7 Å². The van der Waals surface area contributed by atoms with Crippen LogP contribution < -0.4 is 4.72 Å². The number of nitriles is 1. The lowest BCUT2D eigenvalue weighted by Gasteiger charge is -2.10. The van der Waals surface area contributed by atoms with E-state index in [1.807, 2.05) is 69.6 Å². The first-order valence-corrected chi connectivity index (χ1v) is 9.79. The van der Waals surface area contributed by atoms with Crippen molar-refractivity contribution in [2.75, 3.05) is 4.72 Å². The largest absolute Gasteiger partial charge is 0.491 e. The predicted octanol–water partition coefficient (Wildman–Crippen LogP) is 6.13. The van der Waals surface area contributed by atoms with Gasteiger partial charge in [0.1, 0.15) is 11.6 Å². The Morgan fingerprint density at radius 2 is 2.21 bits per heavy atom. The first kappa shape index (κ1) is 21.4. The highest BCUT2D eigenvalue weighted by Crippen LogP contribution is 2.27. The van der Waals surface area contributed by atoms with Crippen LogP contribution in [0.2, 0.25) is 0 Å². The molecule has 28 heavy (non-hydrogen) atoms. The Hall–Kier alpha value is -2.91. The maximum absolute atomic E-state index is 14.0. The van der Waals surface area contributed by atoms with E-state index < -0.39 is 5.82 Å². The third-order valence-electron chi connectivity index (χ3n) is 3.60. The summed E-state index contributed by atoms with van der Waals surface area (Å²) in [5.74, 6) is 0.351. The van der Waals surface area contributed by atoms with Crippen molar-refractivity contribution in [3.8, 4) is 6.07 Å². The summed E-state index contributed by atoms with van der Waals surface area (Å²) < 4.78 is 22.8. The van der Waals surface area contributed by atoms with Gasteiger partial charge in [-0.3, -0.25) is 0 Å². The average molecular weight is 398 g/mol. The van der Waals surface area contributed by atoms with Gasteiger partial charge in [-0.15, -0.1) is 0 Å². The maximum atomic E-state index is 14.0. The highest BCUT2D eigenvalue weighted by molar-refractivity contribution is 8.00. The van der Waals surface area contributed by atoms with E-state index in [1.165, 1.54) is 18.0 Å². The van der Waals surface area contributed by atoms with Gasteiger partial charge in [0.05, 0.1) is 23.4 Å². The Bertz CT molecular complexity index is 907. The predicted molar refractivity (Wildman–Crippen MR) is 113 cm³/mol. The van der Waals surface area contributed by atoms with Crippen molar-refractivity contribution in [1.82, 2.24) is 4.98 Å². The summed E-state index contributed by atoms with van der Waals surface area (Å²) in [6.07, 6.45) is 14.4.